The second kappa shape index (κ2) is 8.70. The van der Waals surface area contributed by atoms with E-state index in [4.69, 9.17) is 0 Å². The van der Waals surface area contributed by atoms with Gasteiger partial charge < -0.3 is 14.8 Å². The fraction of sp³-hybridized carbons (Fsp3) is 0.545. The first-order valence-corrected chi connectivity index (χ1v) is 10.6. The number of nitrogens with zero attached hydrogens (tertiary/aromatic N) is 3. The van der Waals surface area contributed by atoms with E-state index in [1.807, 2.05) is 24.3 Å². The summed E-state index contributed by atoms with van der Waals surface area (Å²) in [7, 11) is 0. The molecule has 8 heteroatoms. The van der Waals surface area contributed by atoms with Gasteiger partial charge in [0.1, 0.15) is 0 Å². The van der Waals surface area contributed by atoms with Crippen LogP contribution < -0.4 is 4.90 Å². The Morgan fingerprint density at radius 3 is 2.63 bits per heavy atom. The lowest BCUT2D eigenvalue weighted by atomic mass is 9.97. The predicted octanol–water partition coefficient (Wildman–Crippen LogP) is 4.66. The highest BCUT2D eigenvalue weighted by Crippen LogP contribution is 2.35. The van der Waals surface area contributed by atoms with Crippen molar-refractivity contribution in [3.05, 3.63) is 48.0 Å². The van der Waals surface area contributed by atoms with Crippen LogP contribution in [0, 0.1) is 5.92 Å². The summed E-state index contributed by atoms with van der Waals surface area (Å²) in [6.07, 6.45) is 5.04. The van der Waals surface area contributed by atoms with Crippen LogP contribution >= 0.6 is 0 Å². The van der Waals surface area contributed by atoms with Gasteiger partial charge in [-0.25, -0.2) is 4.98 Å². The number of hydrogen-bond donors (Lipinski definition) is 1. The summed E-state index contributed by atoms with van der Waals surface area (Å²) in [5.41, 5.74) is 2.52. The molecular formula is C22H27F3N4O. The largest absolute Gasteiger partial charge is 0.471 e. The maximum atomic E-state index is 13.3. The van der Waals surface area contributed by atoms with E-state index in [1.165, 1.54) is 25.7 Å². The van der Waals surface area contributed by atoms with Crippen LogP contribution in [0.4, 0.5) is 18.9 Å². The highest BCUT2D eigenvalue weighted by molar-refractivity contribution is 5.82. The molecule has 1 atom stereocenters. The Morgan fingerprint density at radius 2 is 1.93 bits per heavy atom. The van der Waals surface area contributed by atoms with E-state index in [1.54, 1.807) is 12.5 Å². The number of aromatic amines is 1. The third-order valence-corrected chi connectivity index (χ3v) is 6.34. The van der Waals surface area contributed by atoms with E-state index in [0.29, 0.717) is 12.5 Å². The Kier molecular flexibility index (Phi) is 6.01. The molecule has 1 unspecified atom stereocenters. The second-order valence-electron chi connectivity index (χ2n) is 8.40. The molecule has 0 spiro atoms. The lowest BCUT2D eigenvalue weighted by Gasteiger charge is -2.34. The molecular weight excluding hydrogens is 393 g/mol. The van der Waals surface area contributed by atoms with Crippen LogP contribution in [-0.2, 0) is 17.9 Å². The Hall–Kier alpha value is -2.51. The number of hydrogen-bond acceptors (Lipinski definition) is 3. The molecule has 162 valence electrons. The Balaban J connectivity index is 1.66. The van der Waals surface area contributed by atoms with Crippen LogP contribution in [0.15, 0.2) is 36.8 Å². The fourth-order valence-corrected chi connectivity index (χ4v) is 4.82. The average Bonchev–Trinajstić information content (AvgIpc) is 3.39. The van der Waals surface area contributed by atoms with E-state index >= 15 is 0 Å². The number of rotatable bonds is 5. The van der Waals surface area contributed by atoms with Gasteiger partial charge in [-0.1, -0.05) is 43.9 Å². The minimum atomic E-state index is -4.87. The Labute approximate surface area is 174 Å². The van der Waals surface area contributed by atoms with Gasteiger partial charge in [-0.05, 0) is 30.4 Å². The first-order valence-electron chi connectivity index (χ1n) is 10.6. The summed E-state index contributed by atoms with van der Waals surface area (Å²) < 4.78 is 39.9. The van der Waals surface area contributed by atoms with E-state index < -0.39 is 12.1 Å². The SMILES string of the molecule is O=C(N1Cc2ccccc2N(Cc2cnc[nH]2)C(CCC2CCCC2)C1)C(F)(F)F. The summed E-state index contributed by atoms with van der Waals surface area (Å²) in [4.78, 5) is 22.5. The number of imidazole rings is 1. The summed E-state index contributed by atoms with van der Waals surface area (Å²) in [5.74, 6) is -1.13. The maximum absolute atomic E-state index is 13.3. The van der Waals surface area contributed by atoms with Crippen molar-refractivity contribution in [2.24, 2.45) is 5.92 Å². The van der Waals surface area contributed by atoms with Gasteiger partial charge in [-0.15, -0.1) is 0 Å². The van der Waals surface area contributed by atoms with Crippen molar-refractivity contribution in [3.8, 4) is 0 Å². The molecule has 4 rings (SSSR count). The van der Waals surface area contributed by atoms with Gasteiger partial charge in [-0.3, -0.25) is 4.79 Å². The molecule has 1 saturated carbocycles. The number of carbonyl (C=O) groups is 1. The second-order valence-corrected chi connectivity index (χ2v) is 8.40. The number of fused-ring (bicyclic) bond motifs is 1. The van der Waals surface area contributed by atoms with Crippen molar-refractivity contribution in [1.29, 1.82) is 0 Å². The number of nitrogens with one attached hydrogen (secondary N) is 1. The van der Waals surface area contributed by atoms with Crippen LogP contribution in [-0.4, -0.2) is 39.5 Å². The first-order chi connectivity index (χ1) is 14.4. The molecule has 2 heterocycles. The molecule has 1 aliphatic heterocycles. The normalized spacial score (nSPS) is 20.3. The minimum Gasteiger partial charge on any atom is -0.361 e. The number of aromatic nitrogens is 2. The number of para-hydroxylation sites is 1. The molecule has 1 aromatic carbocycles. The topological polar surface area (TPSA) is 52.2 Å². The quantitative estimate of drug-likeness (QED) is 0.766. The van der Waals surface area contributed by atoms with Crippen molar-refractivity contribution in [2.45, 2.75) is 63.8 Å². The molecule has 2 aliphatic rings. The van der Waals surface area contributed by atoms with Crippen LogP contribution in [0.5, 0.6) is 0 Å². The molecule has 1 aliphatic carbocycles. The van der Waals surface area contributed by atoms with E-state index in [9.17, 15) is 18.0 Å². The molecule has 0 bridgehead atoms. The molecule has 1 N–H and O–H groups in total. The third-order valence-electron chi connectivity index (χ3n) is 6.34. The molecule has 0 saturated heterocycles. The maximum Gasteiger partial charge on any atom is 0.471 e. The van der Waals surface area contributed by atoms with Crippen LogP contribution in [0.2, 0.25) is 0 Å². The number of H-pyrrole nitrogens is 1. The van der Waals surface area contributed by atoms with Gasteiger partial charge in [0.05, 0.1) is 18.6 Å². The van der Waals surface area contributed by atoms with Crippen molar-refractivity contribution in [3.63, 3.8) is 0 Å². The summed E-state index contributed by atoms with van der Waals surface area (Å²) in [6.45, 7) is 0.544. The number of alkyl halides is 3. The lowest BCUT2D eigenvalue weighted by Crippen LogP contribution is -2.47. The van der Waals surface area contributed by atoms with Gasteiger partial charge >= 0.3 is 12.1 Å². The molecule has 1 fully saturated rings. The molecule has 2 aromatic rings. The van der Waals surface area contributed by atoms with Crippen LogP contribution in [0.1, 0.15) is 49.8 Å². The van der Waals surface area contributed by atoms with Crippen LogP contribution in [0.25, 0.3) is 0 Å². The van der Waals surface area contributed by atoms with Crippen molar-refractivity contribution >= 4 is 11.6 Å². The number of anilines is 1. The van der Waals surface area contributed by atoms with E-state index in [0.717, 1.165) is 34.7 Å². The third kappa shape index (κ3) is 4.63. The van der Waals surface area contributed by atoms with Gasteiger partial charge in [0.15, 0.2) is 0 Å². The number of halogens is 3. The van der Waals surface area contributed by atoms with Gasteiger partial charge in [0, 0.05) is 31.0 Å². The van der Waals surface area contributed by atoms with Crippen LogP contribution in [0.3, 0.4) is 0 Å². The molecule has 1 aromatic heterocycles. The molecule has 30 heavy (non-hydrogen) atoms. The van der Waals surface area contributed by atoms with Gasteiger partial charge in [0.2, 0.25) is 0 Å². The zero-order valence-electron chi connectivity index (χ0n) is 16.9. The molecule has 5 nitrogen and oxygen atoms in total. The lowest BCUT2D eigenvalue weighted by molar-refractivity contribution is -0.186. The smallest absolute Gasteiger partial charge is 0.361 e. The average molecular weight is 420 g/mol. The zero-order chi connectivity index (χ0) is 21.1. The Morgan fingerprint density at radius 1 is 1.17 bits per heavy atom. The highest BCUT2D eigenvalue weighted by atomic mass is 19.4. The van der Waals surface area contributed by atoms with Crippen molar-refractivity contribution < 1.29 is 18.0 Å². The van der Waals surface area contributed by atoms with E-state index in [-0.39, 0.29) is 19.1 Å². The monoisotopic (exact) mass is 420 g/mol. The predicted molar refractivity (Wildman–Crippen MR) is 108 cm³/mol. The van der Waals surface area contributed by atoms with E-state index in [2.05, 4.69) is 14.9 Å². The molecule has 1 amide bonds. The summed E-state index contributed by atoms with van der Waals surface area (Å²) >= 11 is 0. The zero-order valence-corrected chi connectivity index (χ0v) is 16.9. The Bertz CT molecular complexity index is 846. The van der Waals surface area contributed by atoms with Crippen molar-refractivity contribution in [1.82, 2.24) is 14.9 Å². The molecule has 0 radical (unpaired) electrons. The standard InChI is InChI=1S/C22H27F3N4O/c23-22(24,25)21(30)28-12-17-7-3-4-8-20(17)29(13-18-11-26-15-27-18)19(14-28)10-9-16-5-1-2-6-16/h3-4,7-8,11,15-16,19H,1-2,5-6,9-10,12-14H2,(H,26,27). The number of carbonyl (C=O) groups excluding carboxylic acids is 1. The van der Waals surface area contributed by atoms with Gasteiger partial charge in [-0.2, -0.15) is 13.2 Å². The number of amides is 1. The fourth-order valence-electron chi connectivity index (χ4n) is 4.82. The minimum absolute atomic E-state index is 0.0338. The first kappa shape index (κ1) is 20.8. The van der Waals surface area contributed by atoms with Gasteiger partial charge in [0.25, 0.3) is 0 Å². The summed E-state index contributed by atoms with van der Waals surface area (Å²) in [6, 6.07) is 7.26. The summed E-state index contributed by atoms with van der Waals surface area (Å²) in [5, 5.41) is 0. The highest BCUT2D eigenvalue weighted by Gasteiger charge is 2.44. The van der Waals surface area contributed by atoms with Crippen molar-refractivity contribution in [2.75, 3.05) is 11.4 Å². The number of benzene rings is 1.